The first kappa shape index (κ1) is 30.8. The SMILES string of the molecule is CC(C)(C)C1CCC2(CC1)N=C(c1ccc(Cl)s1)C(=O)N2CCc1ccc(C(=O)NCCC(=O)[O-])cc1.[Na+]. The van der Waals surface area contributed by atoms with Crippen molar-refractivity contribution in [3.63, 3.8) is 0 Å². The van der Waals surface area contributed by atoms with Gasteiger partial charge in [0.25, 0.3) is 11.8 Å². The van der Waals surface area contributed by atoms with Crippen molar-refractivity contribution in [3.8, 4) is 0 Å². The van der Waals surface area contributed by atoms with E-state index >= 15 is 0 Å². The number of carbonyl (C=O) groups is 3. The molecule has 2 heterocycles. The Morgan fingerprint density at radius 3 is 2.37 bits per heavy atom. The summed E-state index contributed by atoms with van der Waals surface area (Å²) >= 11 is 7.55. The minimum atomic E-state index is -1.20. The van der Waals surface area contributed by atoms with Gasteiger partial charge in [-0.1, -0.05) is 44.5 Å². The molecule has 0 atom stereocenters. The Balaban J connectivity index is 0.00000400. The van der Waals surface area contributed by atoms with Crippen LogP contribution >= 0.6 is 22.9 Å². The Kier molecular flexibility index (Phi) is 10.3. The molecule has 10 heteroatoms. The maximum atomic E-state index is 13.6. The van der Waals surface area contributed by atoms with Gasteiger partial charge in [-0.2, -0.15) is 0 Å². The molecule has 198 valence electrons. The fourth-order valence-corrected chi connectivity index (χ4v) is 6.34. The van der Waals surface area contributed by atoms with Crippen LogP contribution in [0.25, 0.3) is 0 Å². The summed E-state index contributed by atoms with van der Waals surface area (Å²) in [5, 5.41) is 13.1. The summed E-state index contributed by atoms with van der Waals surface area (Å²) in [6, 6.07) is 10.9. The number of hydrogen-bond donors (Lipinski definition) is 1. The van der Waals surface area contributed by atoms with Crippen LogP contribution in [0.15, 0.2) is 41.4 Å². The molecule has 2 aliphatic rings. The van der Waals surface area contributed by atoms with Crippen molar-refractivity contribution in [2.75, 3.05) is 13.1 Å². The Labute approximate surface area is 255 Å². The molecule has 4 rings (SSSR count). The second kappa shape index (κ2) is 12.6. The van der Waals surface area contributed by atoms with Gasteiger partial charge in [0.15, 0.2) is 0 Å². The third kappa shape index (κ3) is 7.07. The molecule has 2 aromatic rings. The van der Waals surface area contributed by atoms with Crippen molar-refractivity contribution in [3.05, 3.63) is 56.7 Å². The smallest absolute Gasteiger partial charge is 0.550 e. The van der Waals surface area contributed by atoms with Crippen LogP contribution in [-0.2, 0) is 16.0 Å². The number of nitrogens with one attached hydrogen (secondary N) is 1. The number of carbonyl (C=O) groups excluding carboxylic acids is 3. The van der Waals surface area contributed by atoms with Crippen molar-refractivity contribution in [1.29, 1.82) is 0 Å². The number of carboxylic acids is 1. The van der Waals surface area contributed by atoms with Crippen molar-refractivity contribution in [2.24, 2.45) is 16.3 Å². The molecule has 0 unspecified atom stereocenters. The zero-order chi connectivity index (χ0) is 26.8. The molecule has 1 aliphatic carbocycles. The third-order valence-electron chi connectivity index (χ3n) is 7.54. The van der Waals surface area contributed by atoms with Gasteiger partial charge >= 0.3 is 29.6 Å². The molecule has 7 nitrogen and oxygen atoms in total. The van der Waals surface area contributed by atoms with Gasteiger partial charge in [0.2, 0.25) is 0 Å². The number of hydrogen-bond acceptors (Lipinski definition) is 6. The predicted molar refractivity (Wildman–Crippen MR) is 144 cm³/mol. The van der Waals surface area contributed by atoms with Gasteiger partial charge in [-0.25, -0.2) is 4.99 Å². The zero-order valence-electron chi connectivity index (χ0n) is 22.5. The zero-order valence-corrected chi connectivity index (χ0v) is 26.1. The van der Waals surface area contributed by atoms with Gasteiger partial charge in [-0.3, -0.25) is 9.59 Å². The number of benzene rings is 1. The Morgan fingerprint density at radius 1 is 1.16 bits per heavy atom. The summed E-state index contributed by atoms with van der Waals surface area (Å²) in [7, 11) is 0. The average molecular weight is 566 g/mol. The van der Waals surface area contributed by atoms with Crippen LogP contribution in [0.1, 0.15) is 73.7 Å². The van der Waals surface area contributed by atoms with Crippen LogP contribution in [0.3, 0.4) is 0 Å². The maximum absolute atomic E-state index is 13.6. The summed E-state index contributed by atoms with van der Waals surface area (Å²) in [6.45, 7) is 7.40. The molecule has 1 aliphatic heterocycles. The van der Waals surface area contributed by atoms with E-state index in [-0.39, 0.29) is 59.8 Å². The Hall–Kier alpha value is -1.71. The predicted octanol–water partition coefficient (Wildman–Crippen LogP) is 1.08. The summed E-state index contributed by atoms with van der Waals surface area (Å²) < 4.78 is 0.637. The first-order valence-corrected chi connectivity index (χ1v) is 13.9. The van der Waals surface area contributed by atoms with E-state index in [0.717, 1.165) is 36.1 Å². The molecule has 38 heavy (non-hydrogen) atoms. The molecule has 0 saturated heterocycles. The number of halogens is 1. The van der Waals surface area contributed by atoms with Gasteiger partial charge in [0, 0.05) is 31.0 Å². The Morgan fingerprint density at radius 2 is 1.82 bits per heavy atom. The molecular weight excluding hydrogens is 533 g/mol. The minimum absolute atomic E-state index is 0. The molecule has 1 aromatic heterocycles. The minimum Gasteiger partial charge on any atom is -0.550 e. The molecule has 1 aromatic carbocycles. The topological polar surface area (TPSA) is 102 Å². The largest absolute Gasteiger partial charge is 1.00 e. The Bertz CT molecular complexity index is 1200. The van der Waals surface area contributed by atoms with Gasteiger partial charge < -0.3 is 20.1 Å². The molecule has 1 N–H and O–H groups in total. The number of nitrogens with zero attached hydrogens (tertiary/aromatic N) is 2. The van der Waals surface area contributed by atoms with Crippen LogP contribution in [-0.4, -0.2) is 47.1 Å². The van der Waals surface area contributed by atoms with Gasteiger partial charge in [-0.05, 0) is 73.3 Å². The summed E-state index contributed by atoms with van der Waals surface area (Å²) in [6.07, 6.45) is 4.14. The molecule has 2 amide bonds. The number of aliphatic carboxylic acids is 1. The quantitative estimate of drug-likeness (QED) is 0.484. The van der Waals surface area contributed by atoms with Crippen molar-refractivity contribution in [2.45, 2.75) is 65.0 Å². The van der Waals surface area contributed by atoms with Gasteiger partial charge in [-0.15, -0.1) is 11.3 Å². The first-order chi connectivity index (χ1) is 17.5. The second-order valence-electron chi connectivity index (χ2n) is 11.0. The van der Waals surface area contributed by atoms with Crippen LogP contribution in [0.5, 0.6) is 0 Å². The number of amides is 2. The molecule has 0 bridgehead atoms. The summed E-state index contributed by atoms with van der Waals surface area (Å²) in [4.78, 5) is 44.2. The van der Waals surface area contributed by atoms with E-state index in [1.165, 1.54) is 11.3 Å². The summed E-state index contributed by atoms with van der Waals surface area (Å²) in [5.74, 6) is -0.983. The average Bonchev–Trinajstić information content (AvgIpc) is 3.38. The first-order valence-electron chi connectivity index (χ1n) is 12.7. The van der Waals surface area contributed by atoms with Gasteiger partial charge in [0.05, 0.1) is 9.21 Å². The number of carboxylic acid groups (broad SMARTS) is 1. The van der Waals surface area contributed by atoms with Gasteiger partial charge in [0.1, 0.15) is 11.4 Å². The van der Waals surface area contributed by atoms with Crippen LogP contribution < -0.4 is 40.0 Å². The van der Waals surface area contributed by atoms with E-state index in [1.54, 1.807) is 18.2 Å². The molecule has 0 radical (unpaired) electrons. The van der Waals surface area contributed by atoms with Crippen LogP contribution in [0, 0.1) is 11.3 Å². The standard InChI is InChI=1S/C28H34ClN3O4S.Na/c1-27(2,3)20-10-14-28(15-11-20)31-24(21-8-9-22(29)37-21)26(36)32(28)17-13-18-4-6-19(7-5-18)25(35)30-16-12-23(33)34;/h4-9,20H,10-17H2,1-3H3,(H,30,35)(H,33,34);/q;+1/p-1. The van der Waals surface area contributed by atoms with E-state index in [4.69, 9.17) is 16.6 Å². The van der Waals surface area contributed by atoms with Crippen LogP contribution in [0.2, 0.25) is 4.34 Å². The molecule has 1 fully saturated rings. The number of rotatable bonds is 8. The van der Waals surface area contributed by atoms with Crippen molar-refractivity contribution < 1.29 is 49.0 Å². The number of aliphatic imine (C=N–C) groups is 1. The van der Waals surface area contributed by atoms with E-state index in [1.807, 2.05) is 23.1 Å². The normalized spacial score (nSPS) is 21.3. The fraction of sp³-hybridized carbons (Fsp3) is 0.500. The fourth-order valence-electron chi connectivity index (χ4n) is 5.32. The molecular formula is C28H33ClN3NaO4S. The van der Waals surface area contributed by atoms with E-state index in [9.17, 15) is 19.5 Å². The molecule has 1 saturated carbocycles. The molecule has 1 spiro atoms. The second-order valence-corrected chi connectivity index (χ2v) is 12.7. The summed E-state index contributed by atoms with van der Waals surface area (Å²) in [5.41, 5.74) is 1.67. The van der Waals surface area contributed by atoms with E-state index in [2.05, 4.69) is 26.1 Å². The van der Waals surface area contributed by atoms with Crippen LogP contribution in [0.4, 0.5) is 0 Å². The monoisotopic (exact) mass is 565 g/mol. The van der Waals surface area contributed by atoms with E-state index < -0.39 is 11.6 Å². The van der Waals surface area contributed by atoms with Crippen molar-refractivity contribution >= 4 is 46.4 Å². The van der Waals surface area contributed by atoms with Crippen molar-refractivity contribution in [1.82, 2.24) is 10.2 Å². The number of thiophene rings is 1. The van der Waals surface area contributed by atoms with E-state index in [0.29, 0.717) is 34.5 Å². The third-order valence-corrected chi connectivity index (χ3v) is 8.78. The maximum Gasteiger partial charge on any atom is 1.00 e.